The molecule has 0 bridgehead atoms. The van der Waals surface area contributed by atoms with Gasteiger partial charge in [0.05, 0.1) is 0 Å². The number of amides is 1. The van der Waals surface area contributed by atoms with Crippen LogP contribution in [0.5, 0.6) is 0 Å². The Morgan fingerprint density at radius 2 is 2.05 bits per heavy atom. The fraction of sp³-hybridized carbons (Fsp3) is 0.533. The lowest BCUT2D eigenvalue weighted by Gasteiger charge is -2.27. The minimum Gasteiger partial charge on any atom is -0.340 e. The van der Waals surface area contributed by atoms with E-state index in [1.54, 1.807) is 11.8 Å². The molecule has 1 aromatic rings. The Bertz CT molecular complexity index is 442. The SMILES string of the molecule is Cc1ccc(SCCC(=O)N2CCNCC2)c(C)c1. The first kappa shape index (κ1) is 14.4. The molecule has 0 radical (unpaired) electrons. The molecule has 0 atom stereocenters. The Morgan fingerprint density at radius 1 is 1.32 bits per heavy atom. The largest absolute Gasteiger partial charge is 0.340 e. The first-order valence-electron chi connectivity index (χ1n) is 6.85. The van der Waals surface area contributed by atoms with E-state index >= 15 is 0 Å². The monoisotopic (exact) mass is 278 g/mol. The third kappa shape index (κ3) is 4.25. The Morgan fingerprint density at radius 3 is 2.74 bits per heavy atom. The van der Waals surface area contributed by atoms with E-state index in [4.69, 9.17) is 0 Å². The van der Waals surface area contributed by atoms with Gasteiger partial charge in [0.1, 0.15) is 0 Å². The number of benzene rings is 1. The van der Waals surface area contributed by atoms with E-state index in [0.29, 0.717) is 12.3 Å². The van der Waals surface area contributed by atoms with Crippen molar-refractivity contribution in [3.8, 4) is 0 Å². The highest BCUT2D eigenvalue weighted by molar-refractivity contribution is 7.99. The number of piperazine rings is 1. The van der Waals surface area contributed by atoms with E-state index in [1.807, 2.05) is 4.90 Å². The van der Waals surface area contributed by atoms with Gasteiger partial charge in [-0.25, -0.2) is 0 Å². The fourth-order valence-corrected chi connectivity index (χ4v) is 3.23. The van der Waals surface area contributed by atoms with Crippen LogP contribution in [-0.4, -0.2) is 42.7 Å². The van der Waals surface area contributed by atoms with Gasteiger partial charge in [-0.3, -0.25) is 4.79 Å². The zero-order chi connectivity index (χ0) is 13.7. The second-order valence-electron chi connectivity index (χ2n) is 5.00. The van der Waals surface area contributed by atoms with Gasteiger partial charge in [0, 0.05) is 43.2 Å². The van der Waals surface area contributed by atoms with E-state index in [2.05, 4.69) is 37.4 Å². The lowest BCUT2D eigenvalue weighted by Crippen LogP contribution is -2.46. The third-order valence-electron chi connectivity index (χ3n) is 3.37. The third-order valence-corrected chi connectivity index (χ3v) is 4.55. The molecule has 0 aliphatic carbocycles. The standard InChI is InChI=1S/C15H22N2OS/c1-12-3-4-14(13(2)11-12)19-10-5-15(18)17-8-6-16-7-9-17/h3-4,11,16H,5-10H2,1-2H3. The van der Waals surface area contributed by atoms with E-state index in [-0.39, 0.29) is 0 Å². The molecule has 0 spiro atoms. The first-order chi connectivity index (χ1) is 9.16. The van der Waals surface area contributed by atoms with E-state index in [9.17, 15) is 4.79 Å². The maximum absolute atomic E-state index is 12.0. The summed E-state index contributed by atoms with van der Waals surface area (Å²) in [5, 5.41) is 3.27. The number of hydrogen-bond donors (Lipinski definition) is 1. The molecular formula is C15H22N2OS. The summed E-state index contributed by atoms with van der Waals surface area (Å²) in [6.45, 7) is 7.80. The number of carbonyl (C=O) groups excluding carboxylic acids is 1. The van der Waals surface area contributed by atoms with Crippen LogP contribution in [0, 0.1) is 13.8 Å². The molecule has 3 nitrogen and oxygen atoms in total. The maximum Gasteiger partial charge on any atom is 0.223 e. The Balaban J connectivity index is 1.78. The number of rotatable bonds is 4. The van der Waals surface area contributed by atoms with Gasteiger partial charge >= 0.3 is 0 Å². The van der Waals surface area contributed by atoms with Gasteiger partial charge < -0.3 is 10.2 Å². The van der Waals surface area contributed by atoms with Crippen LogP contribution in [0.15, 0.2) is 23.1 Å². The summed E-state index contributed by atoms with van der Waals surface area (Å²) in [5.74, 6) is 1.16. The van der Waals surface area contributed by atoms with Crippen LogP contribution >= 0.6 is 11.8 Å². The fourth-order valence-electron chi connectivity index (χ4n) is 2.28. The minimum absolute atomic E-state index is 0.291. The summed E-state index contributed by atoms with van der Waals surface area (Å²) in [4.78, 5) is 15.3. The normalized spacial score (nSPS) is 15.6. The van der Waals surface area contributed by atoms with Gasteiger partial charge in [-0.05, 0) is 25.5 Å². The number of nitrogens with one attached hydrogen (secondary N) is 1. The predicted octanol–water partition coefficient (Wildman–Crippen LogP) is 2.22. The molecule has 1 aliphatic rings. The van der Waals surface area contributed by atoms with Gasteiger partial charge in [-0.15, -0.1) is 11.8 Å². The molecule has 1 N–H and O–H groups in total. The van der Waals surface area contributed by atoms with Gasteiger partial charge in [-0.2, -0.15) is 0 Å². The average molecular weight is 278 g/mol. The Kier molecular flexibility index (Phi) is 5.28. The summed E-state index contributed by atoms with van der Waals surface area (Å²) in [6, 6.07) is 6.48. The highest BCUT2D eigenvalue weighted by Gasteiger charge is 2.15. The van der Waals surface area contributed by atoms with Gasteiger partial charge in [0.2, 0.25) is 5.91 Å². The minimum atomic E-state index is 0.291. The summed E-state index contributed by atoms with van der Waals surface area (Å²) < 4.78 is 0. The predicted molar refractivity (Wildman–Crippen MR) is 80.7 cm³/mol. The Labute approximate surface area is 119 Å². The molecule has 1 aliphatic heterocycles. The molecule has 104 valence electrons. The van der Waals surface area contributed by atoms with Crippen molar-refractivity contribution in [1.82, 2.24) is 10.2 Å². The zero-order valence-electron chi connectivity index (χ0n) is 11.7. The number of aryl methyl sites for hydroxylation is 2. The van der Waals surface area contributed by atoms with Crippen molar-refractivity contribution in [1.29, 1.82) is 0 Å². The number of carbonyl (C=O) groups is 1. The molecule has 19 heavy (non-hydrogen) atoms. The number of thioether (sulfide) groups is 1. The van der Waals surface area contributed by atoms with Gasteiger partial charge in [0.15, 0.2) is 0 Å². The molecule has 4 heteroatoms. The lowest BCUT2D eigenvalue weighted by molar-refractivity contribution is -0.131. The van der Waals surface area contributed by atoms with Crippen molar-refractivity contribution in [3.63, 3.8) is 0 Å². The van der Waals surface area contributed by atoms with Gasteiger partial charge in [0.25, 0.3) is 0 Å². The van der Waals surface area contributed by atoms with Crippen LogP contribution in [0.1, 0.15) is 17.5 Å². The average Bonchev–Trinajstić information content (AvgIpc) is 2.42. The summed E-state index contributed by atoms with van der Waals surface area (Å²) in [5.41, 5.74) is 2.60. The Hall–Kier alpha value is -1.00. The first-order valence-corrected chi connectivity index (χ1v) is 7.84. The zero-order valence-corrected chi connectivity index (χ0v) is 12.6. The van der Waals surface area contributed by atoms with Crippen molar-refractivity contribution in [2.45, 2.75) is 25.2 Å². The molecular weight excluding hydrogens is 256 g/mol. The lowest BCUT2D eigenvalue weighted by atomic mass is 10.2. The van der Waals surface area contributed by atoms with Gasteiger partial charge in [-0.1, -0.05) is 17.7 Å². The van der Waals surface area contributed by atoms with Crippen LogP contribution in [0.25, 0.3) is 0 Å². The number of hydrogen-bond acceptors (Lipinski definition) is 3. The summed E-state index contributed by atoms with van der Waals surface area (Å²) in [7, 11) is 0. The molecule has 0 aromatic heterocycles. The summed E-state index contributed by atoms with van der Waals surface area (Å²) >= 11 is 1.78. The molecule has 1 amide bonds. The van der Waals surface area contributed by atoms with Crippen LogP contribution in [0.3, 0.4) is 0 Å². The molecule has 1 heterocycles. The van der Waals surface area contributed by atoms with Crippen LogP contribution in [0.2, 0.25) is 0 Å². The summed E-state index contributed by atoms with van der Waals surface area (Å²) in [6.07, 6.45) is 0.637. The second kappa shape index (κ2) is 6.96. The van der Waals surface area contributed by atoms with E-state index in [1.165, 1.54) is 16.0 Å². The maximum atomic E-state index is 12.0. The van der Waals surface area contributed by atoms with Crippen molar-refractivity contribution < 1.29 is 4.79 Å². The van der Waals surface area contributed by atoms with E-state index < -0.39 is 0 Å². The van der Waals surface area contributed by atoms with Crippen molar-refractivity contribution in [3.05, 3.63) is 29.3 Å². The molecule has 1 aromatic carbocycles. The quantitative estimate of drug-likeness (QED) is 0.857. The van der Waals surface area contributed by atoms with E-state index in [0.717, 1.165) is 31.9 Å². The van der Waals surface area contributed by atoms with Crippen LogP contribution in [-0.2, 0) is 4.79 Å². The highest BCUT2D eigenvalue weighted by Crippen LogP contribution is 2.23. The topological polar surface area (TPSA) is 32.3 Å². The number of nitrogens with zero attached hydrogens (tertiary/aromatic N) is 1. The molecule has 0 unspecified atom stereocenters. The van der Waals surface area contributed by atoms with Crippen molar-refractivity contribution in [2.75, 3.05) is 31.9 Å². The molecule has 1 saturated heterocycles. The molecule has 1 fully saturated rings. The molecule has 0 saturated carbocycles. The van der Waals surface area contributed by atoms with Crippen molar-refractivity contribution >= 4 is 17.7 Å². The highest BCUT2D eigenvalue weighted by atomic mass is 32.2. The molecule has 2 rings (SSSR count). The van der Waals surface area contributed by atoms with Crippen molar-refractivity contribution in [2.24, 2.45) is 0 Å². The van der Waals surface area contributed by atoms with Crippen LogP contribution in [0.4, 0.5) is 0 Å². The smallest absolute Gasteiger partial charge is 0.223 e. The van der Waals surface area contributed by atoms with Crippen LogP contribution < -0.4 is 5.32 Å². The second-order valence-corrected chi connectivity index (χ2v) is 6.13.